The Kier molecular flexibility index (Phi) is 1.90. The molecule has 1 nitrogen and oxygen atoms in total. The van der Waals surface area contributed by atoms with Crippen molar-refractivity contribution >= 4 is 5.78 Å². The zero-order valence-electron chi connectivity index (χ0n) is 8.39. The van der Waals surface area contributed by atoms with Crippen molar-refractivity contribution in [1.82, 2.24) is 0 Å². The van der Waals surface area contributed by atoms with E-state index in [2.05, 4.69) is 19.9 Å². The Morgan fingerprint density at radius 2 is 2.15 bits per heavy atom. The molecule has 0 aliphatic heterocycles. The summed E-state index contributed by atoms with van der Waals surface area (Å²) in [6.45, 7) is 4.40. The molecule has 0 bridgehead atoms. The molecule has 2 aliphatic rings. The molecule has 1 atom stereocenters. The van der Waals surface area contributed by atoms with Gasteiger partial charge in [0.1, 0.15) is 0 Å². The van der Waals surface area contributed by atoms with Crippen LogP contribution >= 0.6 is 0 Å². The van der Waals surface area contributed by atoms with Gasteiger partial charge in [-0.2, -0.15) is 0 Å². The summed E-state index contributed by atoms with van der Waals surface area (Å²) in [7, 11) is 0. The standard InChI is InChI=1S/C12H16O/c1-3-9-4-5-10-8-11(13)6-7-12(9,10)2/h3,8H,4-7H2,1-2H3/b9-3-/t12-/m1/s1. The highest BCUT2D eigenvalue weighted by Crippen LogP contribution is 2.51. The van der Waals surface area contributed by atoms with E-state index in [1.54, 1.807) is 0 Å². The van der Waals surface area contributed by atoms with E-state index in [-0.39, 0.29) is 5.41 Å². The third-order valence-electron chi connectivity index (χ3n) is 3.64. The maximum Gasteiger partial charge on any atom is 0.155 e. The fraction of sp³-hybridized carbons (Fsp3) is 0.583. The van der Waals surface area contributed by atoms with Crippen LogP contribution in [-0.4, -0.2) is 5.78 Å². The van der Waals surface area contributed by atoms with Crippen molar-refractivity contribution in [1.29, 1.82) is 0 Å². The van der Waals surface area contributed by atoms with Crippen LogP contribution in [0.15, 0.2) is 23.3 Å². The van der Waals surface area contributed by atoms with E-state index in [1.165, 1.54) is 11.1 Å². The molecule has 1 fully saturated rings. The van der Waals surface area contributed by atoms with Crippen molar-refractivity contribution in [2.24, 2.45) is 5.41 Å². The van der Waals surface area contributed by atoms with Gasteiger partial charge < -0.3 is 0 Å². The highest BCUT2D eigenvalue weighted by atomic mass is 16.1. The lowest BCUT2D eigenvalue weighted by molar-refractivity contribution is -0.115. The summed E-state index contributed by atoms with van der Waals surface area (Å²) in [5, 5.41) is 0. The van der Waals surface area contributed by atoms with Crippen LogP contribution in [0.3, 0.4) is 0 Å². The third-order valence-corrected chi connectivity index (χ3v) is 3.64. The third kappa shape index (κ3) is 1.18. The summed E-state index contributed by atoms with van der Waals surface area (Å²) in [5.74, 6) is 0.324. The van der Waals surface area contributed by atoms with Crippen LogP contribution < -0.4 is 0 Å². The van der Waals surface area contributed by atoms with Gasteiger partial charge in [-0.3, -0.25) is 4.79 Å². The van der Waals surface area contributed by atoms with Gasteiger partial charge in [0, 0.05) is 11.8 Å². The highest BCUT2D eigenvalue weighted by molar-refractivity contribution is 5.92. The summed E-state index contributed by atoms with van der Waals surface area (Å²) in [4.78, 5) is 11.2. The molecule has 0 heterocycles. The molecule has 70 valence electrons. The average Bonchev–Trinajstić information content (AvgIpc) is 2.42. The number of hydrogen-bond donors (Lipinski definition) is 0. The quantitative estimate of drug-likeness (QED) is 0.518. The van der Waals surface area contributed by atoms with Crippen LogP contribution in [0.25, 0.3) is 0 Å². The molecule has 0 aromatic carbocycles. The summed E-state index contributed by atoms with van der Waals surface area (Å²) in [6.07, 6.45) is 8.14. The Labute approximate surface area is 79.5 Å². The maximum atomic E-state index is 11.2. The fourth-order valence-electron chi connectivity index (χ4n) is 2.68. The number of carbonyl (C=O) groups is 1. The molecule has 0 spiro atoms. The first-order valence-electron chi connectivity index (χ1n) is 5.06. The Balaban J connectivity index is 2.43. The van der Waals surface area contributed by atoms with Crippen LogP contribution in [0, 0.1) is 5.41 Å². The topological polar surface area (TPSA) is 17.1 Å². The van der Waals surface area contributed by atoms with Gasteiger partial charge >= 0.3 is 0 Å². The first-order valence-corrected chi connectivity index (χ1v) is 5.06. The van der Waals surface area contributed by atoms with Crippen molar-refractivity contribution in [3.05, 3.63) is 23.3 Å². The molecule has 2 rings (SSSR count). The van der Waals surface area contributed by atoms with E-state index >= 15 is 0 Å². The van der Waals surface area contributed by atoms with Crippen molar-refractivity contribution in [3.8, 4) is 0 Å². The molecular formula is C12H16O. The number of hydrogen-bond acceptors (Lipinski definition) is 1. The van der Waals surface area contributed by atoms with Crippen LogP contribution in [0.1, 0.15) is 39.5 Å². The summed E-state index contributed by atoms with van der Waals surface area (Å²) < 4.78 is 0. The van der Waals surface area contributed by atoms with E-state index in [1.807, 2.05) is 6.08 Å². The second-order valence-electron chi connectivity index (χ2n) is 4.28. The highest BCUT2D eigenvalue weighted by Gasteiger charge is 2.40. The monoisotopic (exact) mass is 176 g/mol. The molecule has 0 aromatic rings. The van der Waals surface area contributed by atoms with Gasteiger partial charge in [-0.05, 0) is 32.3 Å². The zero-order chi connectivity index (χ0) is 9.47. The minimum Gasteiger partial charge on any atom is -0.295 e. The Hall–Kier alpha value is -0.850. The molecule has 2 aliphatic carbocycles. The molecule has 0 amide bonds. The molecule has 0 saturated heterocycles. The molecule has 0 N–H and O–H groups in total. The molecule has 0 radical (unpaired) electrons. The van der Waals surface area contributed by atoms with Gasteiger partial charge in [0.2, 0.25) is 0 Å². The lowest BCUT2D eigenvalue weighted by Gasteiger charge is -2.30. The predicted octanol–water partition coefficient (Wildman–Crippen LogP) is 3.02. The van der Waals surface area contributed by atoms with E-state index in [9.17, 15) is 4.79 Å². The molecule has 1 heteroatoms. The number of rotatable bonds is 0. The Morgan fingerprint density at radius 1 is 1.38 bits per heavy atom. The minimum absolute atomic E-state index is 0.239. The van der Waals surface area contributed by atoms with E-state index in [0.717, 1.165) is 25.7 Å². The van der Waals surface area contributed by atoms with Crippen LogP contribution in [-0.2, 0) is 4.79 Å². The Morgan fingerprint density at radius 3 is 2.85 bits per heavy atom. The van der Waals surface area contributed by atoms with Crippen molar-refractivity contribution in [2.45, 2.75) is 39.5 Å². The second-order valence-corrected chi connectivity index (χ2v) is 4.28. The molecular weight excluding hydrogens is 160 g/mol. The predicted molar refractivity (Wildman–Crippen MR) is 53.4 cm³/mol. The van der Waals surface area contributed by atoms with Crippen molar-refractivity contribution in [2.75, 3.05) is 0 Å². The van der Waals surface area contributed by atoms with Gasteiger partial charge in [0.05, 0.1) is 0 Å². The number of fused-ring (bicyclic) bond motifs is 1. The van der Waals surface area contributed by atoms with Gasteiger partial charge in [0.25, 0.3) is 0 Å². The number of allylic oxidation sites excluding steroid dienone is 4. The summed E-state index contributed by atoms with van der Waals surface area (Å²) in [6, 6.07) is 0. The molecule has 0 aromatic heterocycles. The van der Waals surface area contributed by atoms with Gasteiger partial charge in [-0.15, -0.1) is 0 Å². The number of ketones is 1. The van der Waals surface area contributed by atoms with Gasteiger partial charge in [-0.1, -0.05) is 24.1 Å². The van der Waals surface area contributed by atoms with E-state index in [4.69, 9.17) is 0 Å². The SMILES string of the molecule is C/C=C1/CCC2=CC(=O)CC[C@@]21C. The fourth-order valence-corrected chi connectivity index (χ4v) is 2.68. The lowest BCUT2D eigenvalue weighted by Crippen LogP contribution is -2.22. The van der Waals surface area contributed by atoms with Gasteiger partial charge in [-0.25, -0.2) is 0 Å². The van der Waals surface area contributed by atoms with Crippen LogP contribution in [0.2, 0.25) is 0 Å². The van der Waals surface area contributed by atoms with E-state index in [0.29, 0.717) is 5.78 Å². The maximum absolute atomic E-state index is 11.2. The molecule has 13 heavy (non-hydrogen) atoms. The average molecular weight is 176 g/mol. The van der Waals surface area contributed by atoms with Crippen LogP contribution in [0.4, 0.5) is 0 Å². The summed E-state index contributed by atoms with van der Waals surface area (Å²) in [5.41, 5.74) is 3.14. The second kappa shape index (κ2) is 2.83. The smallest absolute Gasteiger partial charge is 0.155 e. The van der Waals surface area contributed by atoms with Crippen molar-refractivity contribution < 1.29 is 4.79 Å². The largest absolute Gasteiger partial charge is 0.295 e. The Bertz CT molecular complexity index is 309. The van der Waals surface area contributed by atoms with Crippen molar-refractivity contribution in [3.63, 3.8) is 0 Å². The number of carbonyl (C=O) groups excluding carboxylic acids is 1. The van der Waals surface area contributed by atoms with E-state index < -0.39 is 0 Å². The van der Waals surface area contributed by atoms with Crippen LogP contribution in [0.5, 0.6) is 0 Å². The van der Waals surface area contributed by atoms with Gasteiger partial charge in [0.15, 0.2) is 5.78 Å². The normalized spacial score (nSPS) is 36.3. The lowest BCUT2D eigenvalue weighted by atomic mass is 9.73. The minimum atomic E-state index is 0.239. The first-order chi connectivity index (χ1) is 6.16. The first kappa shape index (κ1) is 8.74. The molecule has 0 unspecified atom stereocenters. The zero-order valence-corrected chi connectivity index (χ0v) is 8.39. The summed E-state index contributed by atoms with van der Waals surface area (Å²) >= 11 is 0. The molecule has 1 saturated carbocycles.